The highest BCUT2D eigenvalue weighted by Crippen LogP contribution is 2.36. The topological polar surface area (TPSA) is 94.4 Å². The minimum Gasteiger partial charge on any atom is -0.409 e. The second-order valence-electron chi connectivity index (χ2n) is 5.84. The van der Waals surface area contributed by atoms with E-state index in [9.17, 15) is 10.0 Å². The molecule has 3 aromatic rings. The van der Waals surface area contributed by atoms with E-state index in [1.54, 1.807) is 25.1 Å². The number of halogens is 1. The number of anilines is 2. The minimum atomic E-state index is -0.601. The summed E-state index contributed by atoms with van der Waals surface area (Å²) in [6.07, 6.45) is 0. The van der Waals surface area contributed by atoms with Crippen molar-refractivity contribution >= 4 is 41.1 Å². The van der Waals surface area contributed by atoms with E-state index < -0.39 is 11.9 Å². The number of carbonyl (C=O) groups excluding carboxylic acids is 1. The Labute approximate surface area is 165 Å². The van der Waals surface area contributed by atoms with Crippen LogP contribution in [0.4, 0.5) is 11.4 Å². The van der Waals surface area contributed by atoms with Crippen molar-refractivity contribution in [1.82, 2.24) is 15.3 Å². The van der Waals surface area contributed by atoms with Crippen molar-refractivity contribution in [1.29, 1.82) is 0 Å². The van der Waals surface area contributed by atoms with Gasteiger partial charge >= 0.3 is 0 Å². The van der Waals surface area contributed by atoms with Crippen LogP contribution in [-0.2, 0) is 4.79 Å². The molecule has 1 atom stereocenters. The molecule has 0 bridgehead atoms. The Bertz CT molecular complexity index is 1030. The van der Waals surface area contributed by atoms with Crippen molar-refractivity contribution in [3.8, 4) is 11.5 Å². The average molecular weight is 405 g/mol. The molecule has 0 radical (unpaired) electrons. The van der Waals surface area contributed by atoms with Gasteiger partial charge < -0.3 is 9.73 Å². The third-order valence-corrected chi connectivity index (χ3v) is 4.63. The minimum absolute atomic E-state index is 0.181. The summed E-state index contributed by atoms with van der Waals surface area (Å²) in [6.45, 7) is 2.97. The monoisotopic (exact) mass is 404 g/mol. The molecule has 27 heavy (non-hydrogen) atoms. The van der Waals surface area contributed by atoms with Crippen LogP contribution < -0.4 is 5.32 Å². The van der Waals surface area contributed by atoms with Gasteiger partial charge in [-0.1, -0.05) is 35.9 Å². The Morgan fingerprint density at radius 1 is 1.30 bits per heavy atom. The van der Waals surface area contributed by atoms with Gasteiger partial charge in [0.2, 0.25) is 11.8 Å². The Morgan fingerprint density at radius 2 is 2.00 bits per heavy atom. The Balaban J connectivity index is 1.97. The number of benzene rings is 2. The number of nitrogens with one attached hydrogen (secondary N) is 2. The summed E-state index contributed by atoms with van der Waals surface area (Å²) >= 11 is 11.5. The molecule has 0 aliphatic carbocycles. The fraction of sp³-hybridized carbons (Fsp3) is 0.167. The van der Waals surface area contributed by atoms with Gasteiger partial charge in [-0.15, -0.1) is 5.10 Å². The van der Waals surface area contributed by atoms with E-state index in [1.807, 2.05) is 24.3 Å². The maximum absolute atomic E-state index is 11.4. The first kappa shape index (κ1) is 19.1. The third kappa shape index (κ3) is 4.02. The molecule has 7 nitrogen and oxygen atoms in total. The standard InChI is InChI=1S/C18H17ClN4O3S/c1-10(23(25)11(2)24)12-7-5-9-15(16(12)19)20-14-8-4-3-6-13(14)17-21-22-18(27)26-17/h3-10,20,25H,1-2H3,(H,22,27). The molecular formula is C18H17ClN4O3S. The lowest BCUT2D eigenvalue weighted by molar-refractivity contribution is -0.172. The third-order valence-electron chi connectivity index (χ3n) is 4.03. The summed E-state index contributed by atoms with van der Waals surface area (Å²) in [6, 6.07) is 12.1. The molecule has 0 fully saturated rings. The number of para-hydroxylation sites is 1. The molecule has 1 aromatic heterocycles. The van der Waals surface area contributed by atoms with Crippen LogP contribution in [0.15, 0.2) is 46.9 Å². The van der Waals surface area contributed by atoms with Crippen molar-refractivity contribution in [2.45, 2.75) is 19.9 Å². The summed E-state index contributed by atoms with van der Waals surface area (Å²) < 4.78 is 5.40. The van der Waals surface area contributed by atoms with E-state index in [2.05, 4.69) is 15.5 Å². The van der Waals surface area contributed by atoms with Gasteiger partial charge in [0.1, 0.15) is 0 Å². The van der Waals surface area contributed by atoms with Gasteiger partial charge in [0, 0.05) is 6.92 Å². The Morgan fingerprint density at radius 3 is 2.67 bits per heavy atom. The van der Waals surface area contributed by atoms with Crippen LogP contribution >= 0.6 is 23.8 Å². The van der Waals surface area contributed by atoms with E-state index in [0.717, 1.165) is 0 Å². The molecule has 2 aromatic carbocycles. The van der Waals surface area contributed by atoms with Gasteiger partial charge in [0.05, 0.1) is 28.0 Å². The molecule has 0 saturated heterocycles. The number of aromatic nitrogens is 2. The predicted octanol–water partition coefficient (Wildman–Crippen LogP) is 5.09. The van der Waals surface area contributed by atoms with Crippen molar-refractivity contribution in [3.05, 3.63) is 57.9 Å². The molecule has 9 heteroatoms. The highest BCUT2D eigenvalue weighted by Gasteiger charge is 2.21. The predicted molar refractivity (Wildman–Crippen MR) is 105 cm³/mol. The maximum Gasteiger partial charge on any atom is 0.284 e. The van der Waals surface area contributed by atoms with Crippen LogP contribution in [0, 0.1) is 4.84 Å². The van der Waals surface area contributed by atoms with Gasteiger partial charge in [0.25, 0.3) is 4.84 Å². The molecule has 1 heterocycles. The van der Waals surface area contributed by atoms with Crippen LogP contribution in [0.2, 0.25) is 5.02 Å². The molecule has 140 valence electrons. The number of hydrogen-bond donors (Lipinski definition) is 3. The number of hydroxylamine groups is 2. The van der Waals surface area contributed by atoms with Crippen LogP contribution in [-0.4, -0.2) is 26.4 Å². The summed E-state index contributed by atoms with van der Waals surface area (Å²) in [5.74, 6) is -0.121. The summed E-state index contributed by atoms with van der Waals surface area (Å²) in [5, 5.41) is 20.9. The van der Waals surface area contributed by atoms with Crippen LogP contribution in [0.25, 0.3) is 11.5 Å². The van der Waals surface area contributed by atoms with Gasteiger partial charge in [-0.2, -0.15) is 0 Å². The highest BCUT2D eigenvalue weighted by atomic mass is 35.5. The van der Waals surface area contributed by atoms with Crippen LogP contribution in [0.1, 0.15) is 25.5 Å². The molecule has 1 amide bonds. The first-order valence-corrected chi connectivity index (χ1v) is 8.86. The lowest BCUT2D eigenvalue weighted by Crippen LogP contribution is -2.28. The molecule has 1 unspecified atom stereocenters. The van der Waals surface area contributed by atoms with E-state index in [4.69, 9.17) is 28.2 Å². The fourth-order valence-corrected chi connectivity index (χ4v) is 3.10. The van der Waals surface area contributed by atoms with E-state index in [0.29, 0.717) is 38.5 Å². The smallest absolute Gasteiger partial charge is 0.284 e. The average Bonchev–Trinajstić information content (AvgIpc) is 3.09. The van der Waals surface area contributed by atoms with Crippen molar-refractivity contribution in [2.24, 2.45) is 0 Å². The molecule has 0 saturated carbocycles. The van der Waals surface area contributed by atoms with Crippen molar-refractivity contribution < 1.29 is 14.4 Å². The lowest BCUT2D eigenvalue weighted by atomic mass is 10.1. The highest BCUT2D eigenvalue weighted by molar-refractivity contribution is 7.71. The number of rotatable bonds is 5. The van der Waals surface area contributed by atoms with E-state index in [-0.39, 0.29) is 4.84 Å². The van der Waals surface area contributed by atoms with Crippen molar-refractivity contribution in [2.75, 3.05) is 5.32 Å². The zero-order chi connectivity index (χ0) is 19.6. The largest absolute Gasteiger partial charge is 0.409 e. The second kappa shape index (κ2) is 7.91. The first-order valence-electron chi connectivity index (χ1n) is 8.07. The van der Waals surface area contributed by atoms with Gasteiger partial charge in [-0.3, -0.25) is 10.0 Å². The quantitative estimate of drug-likeness (QED) is 0.311. The van der Waals surface area contributed by atoms with Gasteiger partial charge in [-0.05, 0) is 42.9 Å². The van der Waals surface area contributed by atoms with Gasteiger partial charge in [0.15, 0.2) is 0 Å². The molecule has 0 spiro atoms. The molecule has 0 aliphatic heterocycles. The fourth-order valence-electron chi connectivity index (χ4n) is 2.64. The second-order valence-corrected chi connectivity index (χ2v) is 6.59. The molecule has 0 aliphatic rings. The molecule has 3 rings (SSSR count). The normalized spacial score (nSPS) is 11.9. The molecule has 3 N–H and O–H groups in total. The number of aromatic amines is 1. The number of hydrogen-bond acceptors (Lipinski definition) is 6. The molecular weight excluding hydrogens is 388 g/mol. The Kier molecular flexibility index (Phi) is 5.59. The van der Waals surface area contributed by atoms with Crippen LogP contribution in [0.5, 0.6) is 0 Å². The number of H-pyrrole nitrogens is 1. The first-order chi connectivity index (χ1) is 12.9. The number of amides is 1. The van der Waals surface area contributed by atoms with E-state index >= 15 is 0 Å². The number of carbonyl (C=O) groups is 1. The van der Waals surface area contributed by atoms with E-state index in [1.165, 1.54) is 6.92 Å². The lowest BCUT2D eigenvalue weighted by Gasteiger charge is -2.23. The van der Waals surface area contributed by atoms with Gasteiger partial charge in [-0.25, -0.2) is 10.2 Å². The summed E-state index contributed by atoms with van der Waals surface area (Å²) in [5.41, 5.74) is 2.63. The zero-order valence-electron chi connectivity index (χ0n) is 14.6. The summed E-state index contributed by atoms with van der Waals surface area (Å²) in [7, 11) is 0. The van der Waals surface area contributed by atoms with Crippen LogP contribution in [0.3, 0.4) is 0 Å². The number of nitrogens with zero attached hydrogens (tertiary/aromatic N) is 2. The maximum atomic E-state index is 11.4. The van der Waals surface area contributed by atoms with Crippen molar-refractivity contribution in [3.63, 3.8) is 0 Å². The summed E-state index contributed by atoms with van der Waals surface area (Å²) in [4.78, 5) is 11.6. The zero-order valence-corrected chi connectivity index (χ0v) is 16.1. The Hall–Kier alpha value is -2.68. The SMILES string of the molecule is CC(=O)N(O)C(C)c1cccc(Nc2ccccc2-c2n[nH]c(=S)o2)c1Cl.